The molecule has 0 amide bonds. The second kappa shape index (κ2) is 4.14. The van der Waals surface area contributed by atoms with Crippen LogP contribution in [0.15, 0.2) is 23.1 Å². The van der Waals surface area contributed by atoms with Crippen molar-refractivity contribution in [2.45, 2.75) is 23.5 Å². The lowest BCUT2D eigenvalue weighted by atomic mass is 10.2. The van der Waals surface area contributed by atoms with E-state index in [0.29, 0.717) is 6.61 Å². The van der Waals surface area contributed by atoms with E-state index in [-0.39, 0.29) is 11.2 Å². The Morgan fingerprint density at radius 3 is 3.00 bits per heavy atom. The second-order valence-corrected chi connectivity index (χ2v) is 4.85. The number of benzene rings is 1. The summed E-state index contributed by atoms with van der Waals surface area (Å²) in [7, 11) is 0. The quantitative estimate of drug-likeness (QED) is 0.615. The fraction of sp³-hybridized carbons (Fsp3) is 0.364. The van der Waals surface area contributed by atoms with Gasteiger partial charge in [-0.2, -0.15) is 0 Å². The summed E-state index contributed by atoms with van der Waals surface area (Å²) in [6.07, 6.45) is 0.775. The van der Waals surface area contributed by atoms with Crippen LogP contribution in [0, 0.1) is 6.92 Å². The molecule has 1 aliphatic rings. The first-order chi connectivity index (χ1) is 7.16. The van der Waals surface area contributed by atoms with Gasteiger partial charge in [0.2, 0.25) is 0 Å². The first kappa shape index (κ1) is 10.4. The van der Waals surface area contributed by atoms with Gasteiger partial charge in [-0.3, -0.25) is 4.79 Å². The molecule has 15 heavy (non-hydrogen) atoms. The van der Waals surface area contributed by atoms with Crippen LogP contribution in [-0.2, 0) is 9.53 Å². The Morgan fingerprint density at radius 1 is 1.53 bits per heavy atom. The summed E-state index contributed by atoms with van der Waals surface area (Å²) in [4.78, 5) is 12.3. The SMILES string of the molecule is Cc1ccc(N)c(SC2CCOC2=O)c1. The third-order valence-electron chi connectivity index (χ3n) is 2.33. The van der Waals surface area contributed by atoms with Crippen molar-refractivity contribution in [3.05, 3.63) is 23.8 Å². The van der Waals surface area contributed by atoms with Crippen LogP contribution in [0.4, 0.5) is 5.69 Å². The Hall–Kier alpha value is -1.16. The van der Waals surface area contributed by atoms with Crippen molar-refractivity contribution in [2.24, 2.45) is 0 Å². The molecule has 0 spiro atoms. The van der Waals surface area contributed by atoms with Crippen molar-refractivity contribution in [3.63, 3.8) is 0 Å². The van der Waals surface area contributed by atoms with E-state index in [1.165, 1.54) is 11.8 Å². The standard InChI is InChI=1S/C11H13NO2S/c1-7-2-3-8(12)10(6-7)15-9-4-5-14-11(9)13/h2-3,6,9H,4-5,12H2,1H3. The Morgan fingerprint density at radius 2 is 2.33 bits per heavy atom. The molecule has 1 unspecified atom stereocenters. The summed E-state index contributed by atoms with van der Waals surface area (Å²) in [6.45, 7) is 2.54. The van der Waals surface area contributed by atoms with Gasteiger partial charge in [-0.1, -0.05) is 6.07 Å². The Kier molecular flexibility index (Phi) is 2.86. The van der Waals surface area contributed by atoms with Gasteiger partial charge in [-0.25, -0.2) is 0 Å². The molecule has 0 radical (unpaired) electrons. The van der Waals surface area contributed by atoms with E-state index in [1.54, 1.807) is 0 Å². The van der Waals surface area contributed by atoms with E-state index in [0.717, 1.165) is 22.6 Å². The Balaban J connectivity index is 2.16. The zero-order valence-electron chi connectivity index (χ0n) is 8.53. The number of anilines is 1. The monoisotopic (exact) mass is 223 g/mol. The minimum atomic E-state index is -0.124. The van der Waals surface area contributed by atoms with Crippen molar-refractivity contribution in [2.75, 3.05) is 12.3 Å². The third kappa shape index (κ3) is 2.26. The average molecular weight is 223 g/mol. The number of nitrogens with two attached hydrogens (primary N) is 1. The van der Waals surface area contributed by atoms with Crippen LogP contribution < -0.4 is 5.73 Å². The summed E-state index contributed by atoms with van der Waals surface area (Å²) in [5.74, 6) is -0.124. The number of nitrogen functional groups attached to an aromatic ring is 1. The Bertz CT molecular complexity index is 392. The van der Waals surface area contributed by atoms with E-state index in [2.05, 4.69) is 0 Å². The molecule has 0 aliphatic carbocycles. The van der Waals surface area contributed by atoms with E-state index in [9.17, 15) is 4.79 Å². The van der Waals surface area contributed by atoms with Gasteiger partial charge in [0.05, 0.1) is 6.61 Å². The van der Waals surface area contributed by atoms with Gasteiger partial charge >= 0.3 is 5.97 Å². The number of cyclic esters (lactones) is 1. The summed E-state index contributed by atoms with van der Waals surface area (Å²) in [5.41, 5.74) is 7.72. The summed E-state index contributed by atoms with van der Waals surface area (Å²) >= 11 is 1.50. The fourth-order valence-corrected chi connectivity index (χ4v) is 2.62. The number of ether oxygens (including phenoxy) is 1. The predicted molar refractivity (Wildman–Crippen MR) is 60.8 cm³/mol. The van der Waals surface area contributed by atoms with Gasteiger partial charge in [0.1, 0.15) is 5.25 Å². The number of aryl methyl sites for hydroxylation is 1. The highest BCUT2D eigenvalue weighted by atomic mass is 32.2. The molecule has 1 aromatic rings. The molecule has 0 bridgehead atoms. The van der Waals surface area contributed by atoms with E-state index in [1.807, 2.05) is 25.1 Å². The van der Waals surface area contributed by atoms with Crippen LogP contribution in [0.2, 0.25) is 0 Å². The zero-order chi connectivity index (χ0) is 10.8. The number of hydrogen-bond acceptors (Lipinski definition) is 4. The molecule has 3 nitrogen and oxygen atoms in total. The maximum absolute atomic E-state index is 11.3. The first-order valence-corrected chi connectivity index (χ1v) is 5.74. The average Bonchev–Trinajstić information content (AvgIpc) is 2.58. The maximum Gasteiger partial charge on any atom is 0.319 e. The molecule has 1 aromatic carbocycles. The van der Waals surface area contributed by atoms with Crippen LogP contribution in [0.25, 0.3) is 0 Å². The van der Waals surface area contributed by atoms with Crippen molar-refractivity contribution < 1.29 is 9.53 Å². The predicted octanol–water partition coefficient (Wildman–Crippen LogP) is 1.98. The number of carbonyl (C=O) groups excluding carboxylic acids is 1. The first-order valence-electron chi connectivity index (χ1n) is 4.86. The molecule has 2 N–H and O–H groups in total. The molecule has 0 aromatic heterocycles. The highest BCUT2D eigenvalue weighted by Crippen LogP contribution is 2.33. The minimum absolute atomic E-state index is 0.0888. The molecule has 4 heteroatoms. The van der Waals surface area contributed by atoms with E-state index in [4.69, 9.17) is 10.5 Å². The number of rotatable bonds is 2. The molecule has 1 saturated heterocycles. The van der Waals surface area contributed by atoms with Crippen LogP contribution >= 0.6 is 11.8 Å². The Labute approximate surface area is 93.0 Å². The summed E-state index contributed by atoms with van der Waals surface area (Å²) in [5, 5.41) is -0.0888. The highest BCUT2D eigenvalue weighted by Gasteiger charge is 2.27. The maximum atomic E-state index is 11.3. The number of carbonyl (C=O) groups is 1. The lowest BCUT2D eigenvalue weighted by Gasteiger charge is -2.08. The topological polar surface area (TPSA) is 52.3 Å². The summed E-state index contributed by atoms with van der Waals surface area (Å²) in [6, 6.07) is 5.84. The fourth-order valence-electron chi connectivity index (χ4n) is 1.48. The molecule has 0 saturated carbocycles. The molecule has 80 valence electrons. The molecule has 2 rings (SSSR count). The minimum Gasteiger partial charge on any atom is -0.465 e. The molecule has 1 aliphatic heterocycles. The van der Waals surface area contributed by atoms with Gasteiger partial charge in [-0.05, 0) is 24.6 Å². The van der Waals surface area contributed by atoms with Gasteiger partial charge in [0, 0.05) is 17.0 Å². The van der Waals surface area contributed by atoms with Crippen molar-refractivity contribution in [1.82, 2.24) is 0 Å². The molecule has 1 heterocycles. The van der Waals surface area contributed by atoms with Crippen LogP contribution in [0.1, 0.15) is 12.0 Å². The lowest BCUT2D eigenvalue weighted by molar-refractivity contribution is -0.137. The van der Waals surface area contributed by atoms with Gasteiger partial charge in [0.15, 0.2) is 0 Å². The van der Waals surface area contributed by atoms with Crippen molar-refractivity contribution in [3.8, 4) is 0 Å². The number of esters is 1. The van der Waals surface area contributed by atoms with Crippen LogP contribution in [0.5, 0.6) is 0 Å². The molecule has 1 fully saturated rings. The number of hydrogen-bond donors (Lipinski definition) is 1. The number of thioether (sulfide) groups is 1. The molecular weight excluding hydrogens is 210 g/mol. The summed E-state index contributed by atoms with van der Waals surface area (Å²) < 4.78 is 4.91. The van der Waals surface area contributed by atoms with Crippen molar-refractivity contribution >= 4 is 23.4 Å². The molecular formula is C11H13NO2S. The second-order valence-electron chi connectivity index (χ2n) is 3.60. The van der Waals surface area contributed by atoms with Gasteiger partial charge in [-0.15, -0.1) is 11.8 Å². The lowest BCUT2D eigenvalue weighted by Crippen LogP contribution is -2.09. The largest absolute Gasteiger partial charge is 0.465 e. The van der Waals surface area contributed by atoms with Gasteiger partial charge < -0.3 is 10.5 Å². The normalized spacial score (nSPS) is 20.3. The van der Waals surface area contributed by atoms with Crippen molar-refractivity contribution in [1.29, 1.82) is 0 Å². The highest BCUT2D eigenvalue weighted by molar-refractivity contribution is 8.00. The zero-order valence-corrected chi connectivity index (χ0v) is 9.34. The van der Waals surface area contributed by atoms with E-state index < -0.39 is 0 Å². The molecule has 1 atom stereocenters. The third-order valence-corrected chi connectivity index (χ3v) is 3.65. The van der Waals surface area contributed by atoms with Crippen LogP contribution in [0.3, 0.4) is 0 Å². The van der Waals surface area contributed by atoms with Crippen LogP contribution in [-0.4, -0.2) is 17.8 Å². The van der Waals surface area contributed by atoms with E-state index >= 15 is 0 Å². The van der Waals surface area contributed by atoms with Gasteiger partial charge in [0.25, 0.3) is 0 Å². The smallest absolute Gasteiger partial charge is 0.319 e.